The summed E-state index contributed by atoms with van der Waals surface area (Å²) in [5.41, 5.74) is 1.74. The number of ether oxygens (including phenoxy) is 1. The highest BCUT2D eigenvalue weighted by Gasteiger charge is 2.28. The summed E-state index contributed by atoms with van der Waals surface area (Å²) in [6, 6.07) is 9.54. The SMILES string of the molecule is Cc1ccc(C[C@H](NC(=O)OC[C@H]2CCCN(C(=O)C(C#N)=CC(C)(C)C)C2)OB(O)O)cc1. The number of carbonyl (C=O) groups is 2. The predicted molar refractivity (Wildman–Crippen MR) is 127 cm³/mol. The molecule has 1 saturated heterocycles. The summed E-state index contributed by atoms with van der Waals surface area (Å²) in [5, 5.41) is 30.3. The van der Waals surface area contributed by atoms with E-state index in [1.165, 1.54) is 0 Å². The summed E-state index contributed by atoms with van der Waals surface area (Å²) in [5.74, 6) is -0.381. The number of aryl methyl sites for hydroxylation is 1. The molecule has 1 heterocycles. The van der Waals surface area contributed by atoms with Gasteiger partial charge >= 0.3 is 13.4 Å². The van der Waals surface area contributed by atoms with Crippen LogP contribution >= 0.6 is 0 Å². The Bertz CT molecular complexity index is 905. The van der Waals surface area contributed by atoms with Gasteiger partial charge in [0, 0.05) is 25.4 Å². The average Bonchev–Trinajstić information content (AvgIpc) is 2.76. The highest BCUT2D eigenvalue weighted by Crippen LogP contribution is 2.22. The van der Waals surface area contributed by atoms with E-state index < -0.39 is 19.6 Å². The van der Waals surface area contributed by atoms with E-state index in [2.05, 4.69) is 5.32 Å². The van der Waals surface area contributed by atoms with Gasteiger partial charge in [0.2, 0.25) is 0 Å². The lowest BCUT2D eigenvalue weighted by Crippen LogP contribution is -2.44. The minimum atomic E-state index is -2.05. The third-order valence-corrected chi connectivity index (χ3v) is 5.29. The Morgan fingerprint density at radius 3 is 2.59 bits per heavy atom. The van der Waals surface area contributed by atoms with E-state index in [4.69, 9.17) is 9.39 Å². The Morgan fingerprint density at radius 2 is 2.00 bits per heavy atom. The lowest BCUT2D eigenvalue weighted by Gasteiger charge is -2.32. The first-order chi connectivity index (χ1) is 16.0. The maximum Gasteiger partial charge on any atom is 0.635 e. The number of hydrogen-bond donors (Lipinski definition) is 3. The van der Waals surface area contributed by atoms with Gasteiger partial charge in [-0.25, -0.2) is 4.79 Å². The summed E-state index contributed by atoms with van der Waals surface area (Å²) in [4.78, 5) is 26.8. The van der Waals surface area contributed by atoms with Gasteiger partial charge in [-0.1, -0.05) is 56.7 Å². The van der Waals surface area contributed by atoms with Gasteiger partial charge in [0.25, 0.3) is 5.91 Å². The van der Waals surface area contributed by atoms with Crippen LogP contribution in [0.5, 0.6) is 0 Å². The molecule has 1 fully saturated rings. The van der Waals surface area contributed by atoms with Crippen LogP contribution in [0.3, 0.4) is 0 Å². The average molecular weight is 471 g/mol. The lowest BCUT2D eigenvalue weighted by molar-refractivity contribution is -0.128. The molecule has 1 aromatic carbocycles. The van der Waals surface area contributed by atoms with Crippen LogP contribution in [0.2, 0.25) is 0 Å². The number of carbonyl (C=O) groups excluding carboxylic acids is 2. The Morgan fingerprint density at radius 1 is 1.32 bits per heavy atom. The minimum Gasteiger partial charge on any atom is -0.449 e. The van der Waals surface area contributed by atoms with Gasteiger partial charge in [0.05, 0.1) is 6.61 Å². The number of benzene rings is 1. The molecule has 0 bridgehead atoms. The highest BCUT2D eigenvalue weighted by molar-refractivity contribution is 6.32. The number of allylic oxidation sites excluding steroid dienone is 1. The molecule has 2 amide bonds. The summed E-state index contributed by atoms with van der Waals surface area (Å²) in [7, 11) is -2.05. The molecule has 1 aliphatic heterocycles. The Hall–Kier alpha value is -2.87. The van der Waals surface area contributed by atoms with Crippen LogP contribution < -0.4 is 5.32 Å². The molecular weight excluding hydrogens is 437 g/mol. The molecule has 184 valence electrons. The summed E-state index contributed by atoms with van der Waals surface area (Å²) >= 11 is 0. The maximum atomic E-state index is 12.8. The Kier molecular flexibility index (Phi) is 10.1. The molecule has 0 unspecified atom stereocenters. The summed E-state index contributed by atoms with van der Waals surface area (Å²) < 4.78 is 10.3. The summed E-state index contributed by atoms with van der Waals surface area (Å²) in [6.07, 6.45) is 1.65. The van der Waals surface area contributed by atoms with E-state index in [0.29, 0.717) is 13.1 Å². The van der Waals surface area contributed by atoms with Crippen LogP contribution in [0.1, 0.15) is 44.7 Å². The molecule has 34 heavy (non-hydrogen) atoms. The Balaban J connectivity index is 1.91. The van der Waals surface area contributed by atoms with Crippen molar-refractivity contribution in [1.29, 1.82) is 5.26 Å². The smallest absolute Gasteiger partial charge is 0.449 e. The molecule has 2 rings (SSSR count). The van der Waals surface area contributed by atoms with Crippen LogP contribution in [0.15, 0.2) is 35.9 Å². The molecular formula is C24H34BN3O6. The molecule has 0 radical (unpaired) electrons. The highest BCUT2D eigenvalue weighted by atomic mass is 16.6. The van der Waals surface area contributed by atoms with E-state index in [9.17, 15) is 24.9 Å². The van der Waals surface area contributed by atoms with Gasteiger partial charge in [-0.05, 0) is 30.7 Å². The summed E-state index contributed by atoms with van der Waals surface area (Å²) in [6.45, 7) is 8.74. The topological polar surface area (TPSA) is 132 Å². The van der Waals surface area contributed by atoms with Gasteiger partial charge in [-0.3, -0.25) is 10.1 Å². The van der Waals surface area contributed by atoms with Crippen molar-refractivity contribution in [2.45, 2.75) is 53.2 Å². The van der Waals surface area contributed by atoms with Crippen LogP contribution in [-0.2, 0) is 20.6 Å². The lowest BCUT2D eigenvalue weighted by atomic mass is 9.92. The molecule has 9 nitrogen and oxygen atoms in total. The predicted octanol–water partition coefficient (Wildman–Crippen LogP) is 2.31. The number of nitrogens with one attached hydrogen (secondary N) is 1. The molecule has 0 saturated carbocycles. The van der Waals surface area contributed by atoms with Crippen molar-refractivity contribution in [2.24, 2.45) is 11.3 Å². The van der Waals surface area contributed by atoms with Crippen molar-refractivity contribution in [2.75, 3.05) is 19.7 Å². The van der Waals surface area contributed by atoms with Crippen LogP contribution in [-0.4, -0.2) is 60.2 Å². The monoisotopic (exact) mass is 471 g/mol. The quantitative estimate of drug-likeness (QED) is 0.229. The zero-order valence-corrected chi connectivity index (χ0v) is 20.3. The fraction of sp³-hybridized carbons (Fsp3) is 0.542. The largest absolute Gasteiger partial charge is 0.635 e. The van der Waals surface area contributed by atoms with Crippen molar-refractivity contribution in [1.82, 2.24) is 10.2 Å². The molecule has 2 atom stereocenters. The van der Waals surface area contributed by atoms with Crippen molar-refractivity contribution in [3.05, 3.63) is 47.0 Å². The zero-order chi connectivity index (χ0) is 25.3. The normalized spacial score (nSPS) is 17.5. The molecule has 1 aromatic rings. The maximum absolute atomic E-state index is 12.8. The van der Waals surface area contributed by atoms with E-state index in [1.807, 2.05) is 58.0 Å². The molecule has 1 aliphatic rings. The molecule has 0 aromatic heterocycles. The van der Waals surface area contributed by atoms with Gasteiger partial charge < -0.3 is 24.3 Å². The number of nitriles is 1. The first-order valence-corrected chi connectivity index (χ1v) is 11.4. The minimum absolute atomic E-state index is 0.0714. The van der Waals surface area contributed by atoms with E-state index in [0.717, 1.165) is 24.0 Å². The van der Waals surface area contributed by atoms with Crippen molar-refractivity contribution >= 4 is 19.3 Å². The second kappa shape index (κ2) is 12.6. The van der Waals surface area contributed by atoms with Crippen molar-refractivity contribution in [3.63, 3.8) is 0 Å². The van der Waals surface area contributed by atoms with Crippen LogP contribution in [0.25, 0.3) is 0 Å². The van der Waals surface area contributed by atoms with E-state index >= 15 is 0 Å². The fourth-order valence-corrected chi connectivity index (χ4v) is 3.72. The molecule has 10 heteroatoms. The number of likely N-dealkylation sites (tertiary alicyclic amines) is 1. The zero-order valence-electron chi connectivity index (χ0n) is 20.3. The van der Waals surface area contributed by atoms with Crippen LogP contribution in [0.4, 0.5) is 4.79 Å². The number of alkyl carbamates (subject to hydrolysis) is 1. The number of nitrogens with zero attached hydrogens (tertiary/aromatic N) is 2. The molecule has 0 aliphatic carbocycles. The Labute approximate surface area is 201 Å². The number of piperidine rings is 1. The van der Waals surface area contributed by atoms with E-state index in [1.54, 1.807) is 11.0 Å². The van der Waals surface area contributed by atoms with Gasteiger partial charge in [0.15, 0.2) is 0 Å². The second-order valence-corrected chi connectivity index (χ2v) is 9.68. The van der Waals surface area contributed by atoms with Gasteiger partial charge in [-0.2, -0.15) is 5.26 Å². The molecule has 3 N–H and O–H groups in total. The second-order valence-electron chi connectivity index (χ2n) is 9.68. The van der Waals surface area contributed by atoms with Gasteiger partial charge in [-0.15, -0.1) is 0 Å². The third-order valence-electron chi connectivity index (χ3n) is 5.29. The van der Waals surface area contributed by atoms with Crippen LogP contribution in [0, 0.1) is 29.6 Å². The first kappa shape index (κ1) is 27.4. The number of hydrogen-bond acceptors (Lipinski definition) is 7. The number of rotatable bonds is 8. The van der Waals surface area contributed by atoms with Crippen molar-refractivity contribution < 1.29 is 29.0 Å². The third kappa shape index (κ3) is 9.55. The fourth-order valence-electron chi connectivity index (χ4n) is 3.72. The molecule has 0 spiro atoms. The van der Waals surface area contributed by atoms with Crippen molar-refractivity contribution in [3.8, 4) is 6.07 Å². The number of amides is 2. The van der Waals surface area contributed by atoms with E-state index in [-0.39, 0.29) is 35.8 Å². The standard InChI is InChI=1S/C24H34BN3O6/c1-17-7-9-18(10-8-17)12-21(34-25(31)32)27-23(30)33-16-19-6-5-11-28(15-19)22(29)20(14-26)13-24(2,3)4/h7-10,13,19,21,31-32H,5-6,11-12,15-16H2,1-4H3,(H,27,30)/t19-,21+/m0/s1. The van der Waals surface area contributed by atoms with Gasteiger partial charge in [0.1, 0.15) is 17.9 Å². The first-order valence-electron chi connectivity index (χ1n) is 11.4.